The van der Waals surface area contributed by atoms with Gasteiger partial charge in [-0.3, -0.25) is 0 Å². The van der Waals surface area contributed by atoms with Crippen molar-refractivity contribution in [3.05, 3.63) is 29.3 Å². The van der Waals surface area contributed by atoms with Crippen LogP contribution >= 0.6 is 0 Å². The fourth-order valence-electron chi connectivity index (χ4n) is 3.30. The Morgan fingerprint density at radius 3 is 2.71 bits per heavy atom. The summed E-state index contributed by atoms with van der Waals surface area (Å²) in [5, 5.41) is 6.79. The molecule has 0 aromatic heterocycles. The average molecular weight is 391 g/mol. The monoisotopic (exact) mass is 390 g/mol. The molecule has 1 heterocycles. The van der Waals surface area contributed by atoms with E-state index in [1.807, 2.05) is 6.92 Å². The van der Waals surface area contributed by atoms with Crippen LogP contribution in [-0.4, -0.2) is 63.4 Å². The van der Waals surface area contributed by atoms with E-state index in [4.69, 9.17) is 14.5 Å². The lowest BCUT2D eigenvalue weighted by atomic mass is 10.1. The Kier molecular flexibility index (Phi) is 10.8. The molecule has 1 aromatic rings. The Labute approximate surface area is 170 Å². The molecule has 2 N–H and O–H groups in total. The standard InChI is InChI=1S/C22H38N4O2/c1-4-23-22(24-11-8-14-26-12-6-7-13-26)25-18-20-10-9-19(3)17-21(20)28-16-15-27-5-2/h9-10,17H,4-8,11-16,18H2,1-3H3,(H2,23,24,25). The molecule has 1 aliphatic rings. The van der Waals surface area contributed by atoms with Gasteiger partial charge in [0.15, 0.2) is 5.96 Å². The number of guanidine groups is 1. The van der Waals surface area contributed by atoms with Gasteiger partial charge in [-0.25, -0.2) is 4.99 Å². The van der Waals surface area contributed by atoms with Gasteiger partial charge >= 0.3 is 0 Å². The molecule has 6 heteroatoms. The number of aryl methyl sites for hydroxylation is 1. The Balaban J connectivity index is 1.85. The van der Waals surface area contributed by atoms with Crippen LogP contribution in [-0.2, 0) is 11.3 Å². The number of benzene rings is 1. The molecule has 1 aliphatic heterocycles. The minimum absolute atomic E-state index is 0.558. The van der Waals surface area contributed by atoms with Crippen LogP contribution in [0.5, 0.6) is 5.75 Å². The molecule has 1 aromatic carbocycles. The van der Waals surface area contributed by atoms with Crippen LogP contribution in [0.25, 0.3) is 0 Å². The number of hydrogen-bond acceptors (Lipinski definition) is 4. The molecular formula is C22H38N4O2. The van der Waals surface area contributed by atoms with E-state index in [1.165, 1.54) is 38.0 Å². The zero-order valence-electron chi connectivity index (χ0n) is 17.9. The van der Waals surface area contributed by atoms with Crippen molar-refractivity contribution in [3.8, 4) is 5.75 Å². The van der Waals surface area contributed by atoms with Crippen molar-refractivity contribution in [1.29, 1.82) is 0 Å². The van der Waals surface area contributed by atoms with E-state index < -0.39 is 0 Å². The summed E-state index contributed by atoms with van der Waals surface area (Å²) < 4.78 is 11.3. The summed E-state index contributed by atoms with van der Waals surface area (Å²) in [5.74, 6) is 1.76. The summed E-state index contributed by atoms with van der Waals surface area (Å²) >= 11 is 0. The Morgan fingerprint density at radius 1 is 1.14 bits per heavy atom. The van der Waals surface area contributed by atoms with Crippen LogP contribution < -0.4 is 15.4 Å². The van der Waals surface area contributed by atoms with Crippen molar-refractivity contribution in [1.82, 2.24) is 15.5 Å². The van der Waals surface area contributed by atoms with Gasteiger partial charge in [0.2, 0.25) is 0 Å². The van der Waals surface area contributed by atoms with Crippen LogP contribution in [0.15, 0.2) is 23.2 Å². The number of nitrogens with zero attached hydrogens (tertiary/aromatic N) is 2. The predicted octanol–water partition coefficient (Wildman–Crippen LogP) is 2.95. The lowest BCUT2D eigenvalue weighted by Crippen LogP contribution is -2.38. The van der Waals surface area contributed by atoms with Crippen LogP contribution in [0.1, 0.15) is 44.2 Å². The summed E-state index contributed by atoms with van der Waals surface area (Å²) in [4.78, 5) is 7.30. The molecule has 0 spiro atoms. The Hall–Kier alpha value is -1.79. The predicted molar refractivity (Wildman–Crippen MR) is 116 cm³/mol. The van der Waals surface area contributed by atoms with Gasteiger partial charge in [0.1, 0.15) is 12.4 Å². The van der Waals surface area contributed by atoms with E-state index in [1.54, 1.807) is 0 Å². The molecule has 1 saturated heterocycles. The van der Waals surface area contributed by atoms with Crippen molar-refractivity contribution in [3.63, 3.8) is 0 Å². The summed E-state index contributed by atoms with van der Waals surface area (Å²) in [7, 11) is 0. The first kappa shape index (κ1) is 22.5. The van der Waals surface area contributed by atoms with Gasteiger partial charge in [-0.15, -0.1) is 0 Å². The molecule has 28 heavy (non-hydrogen) atoms. The molecule has 1 fully saturated rings. The lowest BCUT2D eigenvalue weighted by Gasteiger charge is -2.16. The van der Waals surface area contributed by atoms with Gasteiger partial charge in [0, 0.05) is 25.3 Å². The highest BCUT2D eigenvalue weighted by Crippen LogP contribution is 2.21. The maximum atomic E-state index is 5.93. The lowest BCUT2D eigenvalue weighted by molar-refractivity contribution is 0.110. The second kappa shape index (κ2) is 13.4. The van der Waals surface area contributed by atoms with Crippen LogP contribution in [0.3, 0.4) is 0 Å². The van der Waals surface area contributed by atoms with Crippen molar-refractivity contribution < 1.29 is 9.47 Å². The zero-order valence-corrected chi connectivity index (χ0v) is 17.9. The normalized spacial score (nSPS) is 15.0. The van der Waals surface area contributed by atoms with E-state index in [2.05, 4.69) is 47.6 Å². The molecule has 0 unspecified atom stereocenters. The third-order valence-electron chi connectivity index (χ3n) is 4.81. The van der Waals surface area contributed by atoms with Crippen LogP contribution in [0.4, 0.5) is 0 Å². The Morgan fingerprint density at radius 2 is 1.96 bits per heavy atom. The summed E-state index contributed by atoms with van der Waals surface area (Å²) in [6.45, 7) is 14.1. The van der Waals surface area contributed by atoms with Gasteiger partial charge in [-0.05, 0) is 71.3 Å². The van der Waals surface area contributed by atoms with Gasteiger partial charge < -0.3 is 25.0 Å². The molecule has 0 amide bonds. The highest BCUT2D eigenvalue weighted by atomic mass is 16.5. The van der Waals surface area contributed by atoms with Crippen molar-refractivity contribution in [2.45, 2.75) is 46.6 Å². The minimum atomic E-state index is 0.558. The van der Waals surface area contributed by atoms with Crippen molar-refractivity contribution in [2.24, 2.45) is 4.99 Å². The quantitative estimate of drug-likeness (QED) is 0.326. The number of nitrogens with one attached hydrogen (secondary N) is 2. The minimum Gasteiger partial charge on any atom is -0.491 e. The summed E-state index contributed by atoms with van der Waals surface area (Å²) in [5.41, 5.74) is 2.28. The fourth-order valence-corrected chi connectivity index (χ4v) is 3.30. The van der Waals surface area contributed by atoms with Gasteiger partial charge in [0.05, 0.1) is 13.2 Å². The third-order valence-corrected chi connectivity index (χ3v) is 4.81. The molecule has 0 radical (unpaired) electrons. The van der Waals surface area contributed by atoms with E-state index in [9.17, 15) is 0 Å². The van der Waals surface area contributed by atoms with E-state index >= 15 is 0 Å². The SMILES string of the molecule is CCNC(=NCc1ccc(C)cc1OCCOCC)NCCCN1CCCC1. The highest BCUT2D eigenvalue weighted by molar-refractivity contribution is 5.79. The Bertz CT molecular complexity index is 586. The molecule has 0 bridgehead atoms. The summed E-state index contributed by atoms with van der Waals surface area (Å²) in [6, 6.07) is 6.29. The molecular weight excluding hydrogens is 352 g/mol. The van der Waals surface area contributed by atoms with Gasteiger partial charge in [-0.2, -0.15) is 0 Å². The molecule has 2 rings (SSSR count). The zero-order chi connectivity index (χ0) is 20.0. The first-order chi connectivity index (χ1) is 13.7. The van der Waals surface area contributed by atoms with Crippen LogP contribution in [0, 0.1) is 6.92 Å². The maximum absolute atomic E-state index is 5.93. The number of likely N-dealkylation sites (tertiary alicyclic amines) is 1. The van der Waals surface area contributed by atoms with Crippen molar-refractivity contribution in [2.75, 3.05) is 52.5 Å². The molecule has 0 saturated carbocycles. The molecule has 0 aliphatic carbocycles. The fraction of sp³-hybridized carbons (Fsp3) is 0.682. The van der Waals surface area contributed by atoms with Crippen molar-refractivity contribution >= 4 is 5.96 Å². The first-order valence-corrected chi connectivity index (χ1v) is 10.8. The number of hydrogen-bond donors (Lipinski definition) is 2. The first-order valence-electron chi connectivity index (χ1n) is 10.8. The smallest absolute Gasteiger partial charge is 0.191 e. The second-order valence-electron chi connectivity index (χ2n) is 7.18. The summed E-state index contributed by atoms with van der Waals surface area (Å²) in [6.07, 6.45) is 3.84. The third kappa shape index (κ3) is 8.48. The van der Waals surface area contributed by atoms with E-state index in [-0.39, 0.29) is 0 Å². The second-order valence-corrected chi connectivity index (χ2v) is 7.18. The largest absolute Gasteiger partial charge is 0.491 e. The van der Waals surface area contributed by atoms with Crippen LogP contribution in [0.2, 0.25) is 0 Å². The van der Waals surface area contributed by atoms with Gasteiger partial charge in [0.25, 0.3) is 0 Å². The molecule has 0 atom stereocenters. The number of aliphatic imine (C=N–C) groups is 1. The average Bonchev–Trinajstić information content (AvgIpc) is 3.21. The molecule has 6 nitrogen and oxygen atoms in total. The van der Waals surface area contributed by atoms with E-state index in [0.29, 0.717) is 26.4 Å². The van der Waals surface area contributed by atoms with E-state index in [0.717, 1.165) is 36.8 Å². The molecule has 158 valence electrons. The maximum Gasteiger partial charge on any atom is 0.191 e. The van der Waals surface area contributed by atoms with Gasteiger partial charge in [-0.1, -0.05) is 12.1 Å². The number of rotatable bonds is 12. The topological polar surface area (TPSA) is 58.1 Å². The highest BCUT2D eigenvalue weighted by Gasteiger charge is 2.10. The number of ether oxygens (including phenoxy) is 2.